The quantitative estimate of drug-likeness (QED) is 0.551. The highest BCUT2D eigenvalue weighted by Crippen LogP contribution is 2.28. The van der Waals surface area contributed by atoms with Gasteiger partial charge in [-0.15, -0.1) is 0 Å². The summed E-state index contributed by atoms with van der Waals surface area (Å²) in [5, 5.41) is 14.2. The van der Waals surface area contributed by atoms with Crippen molar-refractivity contribution >= 4 is 11.8 Å². The Labute approximate surface area is 194 Å². The van der Waals surface area contributed by atoms with Crippen molar-refractivity contribution < 1.29 is 32.3 Å². The van der Waals surface area contributed by atoms with Crippen molar-refractivity contribution in [3.63, 3.8) is 0 Å². The summed E-state index contributed by atoms with van der Waals surface area (Å²) >= 11 is 0. The molecule has 2 aromatic carbocycles. The number of fused-ring (bicyclic) bond motifs is 5. The van der Waals surface area contributed by atoms with E-state index in [2.05, 4.69) is 5.32 Å². The topological polar surface area (TPSA) is 94.9 Å². The summed E-state index contributed by atoms with van der Waals surface area (Å²) in [5.41, 5.74) is -1.51. The molecule has 2 aliphatic rings. The summed E-state index contributed by atoms with van der Waals surface area (Å²) < 4.78 is 55.9. The molecule has 2 N–H and O–H groups in total. The minimum Gasteiger partial charge on any atom is -0.502 e. The maximum absolute atomic E-state index is 13.9. The maximum atomic E-state index is 13.9. The number of halogens is 4. The van der Waals surface area contributed by atoms with E-state index >= 15 is 0 Å². The van der Waals surface area contributed by atoms with Crippen molar-refractivity contribution in [3.8, 4) is 5.75 Å². The molecular formula is C23H16F4N4O4. The number of amides is 2. The van der Waals surface area contributed by atoms with Gasteiger partial charge in [0, 0.05) is 37.0 Å². The second-order valence-corrected chi connectivity index (χ2v) is 8.17. The molecule has 3 heterocycles. The third-order valence-electron chi connectivity index (χ3n) is 5.95. The van der Waals surface area contributed by atoms with Crippen molar-refractivity contribution in [1.82, 2.24) is 14.9 Å². The summed E-state index contributed by atoms with van der Waals surface area (Å²) in [6, 6.07) is 5.00. The molecule has 35 heavy (non-hydrogen) atoms. The van der Waals surface area contributed by atoms with Gasteiger partial charge in [-0.2, -0.15) is 0 Å². The number of rotatable bonds is 3. The van der Waals surface area contributed by atoms with Gasteiger partial charge in [-0.25, -0.2) is 17.6 Å². The number of aromatic nitrogens is 1. The molecule has 1 aromatic heterocycles. The predicted octanol–water partition coefficient (Wildman–Crippen LogP) is 2.11. The second-order valence-electron chi connectivity index (χ2n) is 8.17. The Kier molecular flexibility index (Phi) is 5.23. The number of nitrogens with zero attached hydrogens (tertiary/aromatic N) is 3. The number of benzene rings is 2. The average molecular weight is 488 g/mol. The molecule has 0 spiro atoms. The maximum Gasteiger partial charge on any atom is 0.278 e. The Hall–Kier alpha value is -4.35. The van der Waals surface area contributed by atoms with Gasteiger partial charge in [0.15, 0.2) is 11.4 Å². The number of nitrogens with one attached hydrogen (secondary N) is 1. The van der Waals surface area contributed by atoms with Crippen LogP contribution in [0.1, 0.15) is 37.5 Å². The first-order valence-corrected chi connectivity index (χ1v) is 10.4. The molecule has 180 valence electrons. The number of aromatic hydroxyl groups is 1. The van der Waals surface area contributed by atoms with Crippen LogP contribution < -0.4 is 15.8 Å². The Bertz CT molecular complexity index is 1450. The van der Waals surface area contributed by atoms with Gasteiger partial charge in [0.25, 0.3) is 11.8 Å². The average Bonchev–Trinajstić information content (AvgIpc) is 2.96. The van der Waals surface area contributed by atoms with Crippen molar-refractivity contribution in [3.05, 3.63) is 98.0 Å². The SMILES string of the molecule is O=C(NCc1c(F)cc(F)cc1F)c1cn2c(c(O)c1=O)C(=O)N1Cc3ccc(F)cc3CN2C1. The third kappa shape index (κ3) is 3.76. The van der Waals surface area contributed by atoms with E-state index in [-0.39, 0.29) is 25.5 Å². The zero-order chi connectivity index (χ0) is 25.0. The fourth-order valence-corrected chi connectivity index (χ4v) is 4.20. The molecule has 5 rings (SSSR count). The van der Waals surface area contributed by atoms with Crippen LogP contribution in [0.15, 0.2) is 41.3 Å². The van der Waals surface area contributed by atoms with Gasteiger partial charge in [-0.05, 0) is 23.3 Å². The van der Waals surface area contributed by atoms with E-state index in [1.807, 2.05) is 0 Å². The molecular weight excluding hydrogens is 472 g/mol. The van der Waals surface area contributed by atoms with Gasteiger partial charge in [0.1, 0.15) is 35.5 Å². The number of pyridine rings is 1. The summed E-state index contributed by atoms with van der Waals surface area (Å²) in [4.78, 5) is 39.8. The van der Waals surface area contributed by atoms with Crippen LogP contribution in [-0.2, 0) is 19.6 Å². The van der Waals surface area contributed by atoms with Crippen LogP contribution in [0.25, 0.3) is 0 Å². The first-order chi connectivity index (χ1) is 16.6. The lowest BCUT2D eigenvalue weighted by Crippen LogP contribution is -2.52. The van der Waals surface area contributed by atoms with E-state index in [4.69, 9.17) is 0 Å². The van der Waals surface area contributed by atoms with Crippen LogP contribution >= 0.6 is 0 Å². The molecule has 12 heteroatoms. The zero-order valence-electron chi connectivity index (χ0n) is 17.8. The van der Waals surface area contributed by atoms with E-state index in [1.54, 1.807) is 6.07 Å². The molecule has 0 saturated carbocycles. The highest BCUT2D eigenvalue weighted by atomic mass is 19.1. The largest absolute Gasteiger partial charge is 0.502 e. The van der Waals surface area contributed by atoms with E-state index in [1.165, 1.54) is 22.0 Å². The summed E-state index contributed by atoms with van der Waals surface area (Å²) in [5.74, 6) is -6.80. The summed E-state index contributed by atoms with van der Waals surface area (Å²) in [7, 11) is 0. The van der Waals surface area contributed by atoms with E-state index in [0.717, 1.165) is 10.9 Å². The van der Waals surface area contributed by atoms with Gasteiger partial charge in [0.05, 0.1) is 6.54 Å². The first-order valence-electron chi connectivity index (χ1n) is 10.4. The molecule has 0 radical (unpaired) electrons. The number of carbonyl (C=O) groups excluding carboxylic acids is 2. The molecule has 0 unspecified atom stereocenters. The van der Waals surface area contributed by atoms with Crippen molar-refractivity contribution in [2.24, 2.45) is 0 Å². The van der Waals surface area contributed by atoms with E-state index < -0.39 is 63.9 Å². The second kappa shape index (κ2) is 8.15. The Morgan fingerprint density at radius 3 is 2.40 bits per heavy atom. The lowest BCUT2D eigenvalue weighted by atomic mass is 10.1. The van der Waals surface area contributed by atoms with Crippen molar-refractivity contribution in [2.75, 3.05) is 11.7 Å². The molecule has 2 aliphatic heterocycles. The lowest BCUT2D eigenvalue weighted by Gasteiger charge is -2.37. The molecule has 2 bridgehead atoms. The predicted molar refractivity (Wildman–Crippen MR) is 113 cm³/mol. The number of carbonyl (C=O) groups is 2. The number of hydrogen-bond acceptors (Lipinski definition) is 5. The zero-order valence-corrected chi connectivity index (χ0v) is 17.8. The van der Waals surface area contributed by atoms with Crippen LogP contribution in [0.2, 0.25) is 0 Å². The van der Waals surface area contributed by atoms with Crippen LogP contribution in [0.5, 0.6) is 5.75 Å². The standard InChI is InChI=1S/C23H16F4N4O4/c24-13-2-1-11-7-29-10-30(8-12(11)3-13)31-9-16(20(32)21(33)19(31)23(29)35)22(34)28-6-15-17(26)4-14(25)5-18(15)27/h1-5,9,33H,6-8,10H2,(H,28,34). The summed E-state index contributed by atoms with van der Waals surface area (Å²) in [6.07, 6.45) is 1.03. The first kappa shape index (κ1) is 22.4. The van der Waals surface area contributed by atoms with E-state index in [9.17, 15) is 37.1 Å². The van der Waals surface area contributed by atoms with Gasteiger partial charge in [-0.1, -0.05) is 6.07 Å². The summed E-state index contributed by atoms with van der Waals surface area (Å²) in [6.45, 7) is -0.464. The van der Waals surface area contributed by atoms with Crippen LogP contribution in [0.3, 0.4) is 0 Å². The normalized spacial score (nSPS) is 14.3. The highest BCUT2D eigenvalue weighted by Gasteiger charge is 2.36. The van der Waals surface area contributed by atoms with Crippen LogP contribution in [-0.4, -0.2) is 33.2 Å². The van der Waals surface area contributed by atoms with Gasteiger partial charge < -0.3 is 15.3 Å². The van der Waals surface area contributed by atoms with Gasteiger partial charge in [-0.3, -0.25) is 24.1 Å². The van der Waals surface area contributed by atoms with Crippen LogP contribution in [0, 0.1) is 23.3 Å². The van der Waals surface area contributed by atoms with Crippen molar-refractivity contribution in [2.45, 2.75) is 19.6 Å². The lowest BCUT2D eigenvalue weighted by molar-refractivity contribution is 0.0678. The Morgan fingerprint density at radius 1 is 0.971 bits per heavy atom. The minimum atomic E-state index is -1.23. The Balaban J connectivity index is 1.51. The molecule has 0 saturated heterocycles. The molecule has 8 nitrogen and oxygen atoms in total. The van der Waals surface area contributed by atoms with Gasteiger partial charge in [0.2, 0.25) is 5.43 Å². The molecule has 0 atom stereocenters. The third-order valence-corrected chi connectivity index (χ3v) is 5.95. The van der Waals surface area contributed by atoms with Crippen molar-refractivity contribution in [1.29, 1.82) is 0 Å². The fraction of sp³-hybridized carbons (Fsp3) is 0.174. The Morgan fingerprint density at radius 2 is 1.69 bits per heavy atom. The minimum absolute atomic E-state index is 0.0253. The van der Waals surface area contributed by atoms with Crippen LogP contribution in [0.4, 0.5) is 17.6 Å². The molecule has 2 amide bonds. The fourth-order valence-electron chi connectivity index (χ4n) is 4.20. The van der Waals surface area contributed by atoms with Gasteiger partial charge >= 0.3 is 0 Å². The molecule has 0 fully saturated rings. The monoisotopic (exact) mass is 488 g/mol. The highest BCUT2D eigenvalue weighted by molar-refractivity contribution is 5.99. The van der Waals surface area contributed by atoms with E-state index in [0.29, 0.717) is 23.3 Å². The number of hydrogen-bond donors (Lipinski definition) is 2. The molecule has 3 aromatic rings. The smallest absolute Gasteiger partial charge is 0.278 e. The molecule has 0 aliphatic carbocycles.